The van der Waals surface area contributed by atoms with E-state index in [1.54, 1.807) is 6.92 Å². The van der Waals surface area contributed by atoms with E-state index in [2.05, 4.69) is 9.55 Å². The van der Waals surface area contributed by atoms with Gasteiger partial charge in [-0.15, -0.1) is 11.6 Å². The number of nitrogens with zero attached hydrogens (tertiary/aromatic N) is 2. The van der Waals surface area contributed by atoms with Crippen molar-refractivity contribution in [3.8, 4) is 0 Å². The molecule has 1 aliphatic rings. The van der Waals surface area contributed by atoms with Gasteiger partial charge in [-0.1, -0.05) is 25.7 Å². The molecule has 0 spiro atoms. The van der Waals surface area contributed by atoms with Crippen molar-refractivity contribution in [2.24, 2.45) is 5.92 Å². The van der Waals surface area contributed by atoms with Crippen LogP contribution in [0.2, 0.25) is 0 Å². The molecular weight excluding hydrogens is 287 g/mol. The van der Waals surface area contributed by atoms with Crippen LogP contribution in [-0.4, -0.2) is 9.55 Å². The van der Waals surface area contributed by atoms with E-state index in [0.29, 0.717) is 11.4 Å². The molecule has 1 saturated carbocycles. The maximum Gasteiger partial charge on any atom is 0.128 e. The second-order valence-corrected chi connectivity index (χ2v) is 6.46. The highest BCUT2D eigenvalue weighted by atomic mass is 35.5. The third-order valence-corrected chi connectivity index (χ3v) is 4.94. The molecule has 4 heteroatoms. The molecule has 0 atom stereocenters. The first-order chi connectivity index (χ1) is 10.2. The first-order valence-electron chi connectivity index (χ1n) is 7.90. The van der Waals surface area contributed by atoms with Gasteiger partial charge >= 0.3 is 0 Å². The van der Waals surface area contributed by atoms with E-state index in [1.165, 1.54) is 38.2 Å². The van der Waals surface area contributed by atoms with Gasteiger partial charge in [0.05, 0.1) is 16.9 Å². The zero-order chi connectivity index (χ0) is 14.8. The Kier molecular flexibility index (Phi) is 4.48. The lowest BCUT2D eigenvalue weighted by atomic mass is 10.0. The maximum absolute atomic E-state index is 13.7. The summed E-state index contributed by atoms with van der Waals surface area (Å²) in [7, 11) is 0. The highest BCUT2D eigenvalue weighted by Crippen LogP contribution is 2.29. The second kappa shape index (κ2) is 6.35. The Labute approximate surface area is 130 Å². The van der Waals surface area contributed by atoms with Gasteiger partial charge < -0.3 is 4.57 Å². The van der Waals surface area contributed by atoms with Crippen LogP contribution in [0.15, 0.2) is 12.1 Å². The van der Waals surface area contributed by atoms with E-state index in [1.807, 2.05) is 6.07 Å². The second-order valence-electron chi connectivity index (χ2n) is 6.20. The average molecular weight is 309 g/mol. The van der Waals surface area contributed by atoms with Gasteiger partial charge in [0.1, 0.15) is 11.6 Å². The van der Waals surface area contributed by atoms with Crippen LogP contribution in [0.5, 0.6) is 0 Å². The van der Waals surface area contributed by atoms with Crippen molar-refractivity contribution in [2.75, 3.05) is 0 Å². The van der Waals surface area contributed by atoms with Crippen molar-refractivity contribution in [2.45, 2.75) is 57.9 Å². The van der Waals surface area contributed by atoms with Crippen LogP contribution < -0.4 is 0 Å². The quantitative estimate of drug-likeness (QED) is 0.695. The predicted molar refractivity (Wildman–Crippen MR) is 85.2 cm³/mol. The molecule has 1 aliphatic carbocycles. The van der Waals surface area contributed by atoms with E-state index in [-0.39, 0.29) is 5.82 Å². The van der Waals surface area contributed by atoms with Gasteiger partial charge in [-0.25, -0.2) is 9.37 Å². The van der Waals surface area contributed by atoms with E-state index in [0.717, 1.165) is 35.7 Å². The number of benzene rings is 1. The Balaban J connectivity index is 1.80. The molecule has 2 aromatic rings. The fraction of sp³-hybridized carbons (Fsp3) is 0.588. The number of aryl methyl sites for hydroxylation is 2. The van der Waals surface area contributed by atoms with Crippen molar-refractivity contribution < 1.29 is 4.39 Å². The summed E-state index contributed by atoms with van der Waals surface area (Å²) in [5.41, 5.74) is 2.39. The molecule has 1 fully saturated rings. The largest absolute Gasteiger partial charge is 0.327 e. The third-order valence-electron chi connectivity index (χ3n) is 4.70. The Hall–Kier alpha value is -1.09. The average Bonchev–Trinajstić information content (AvgIpc) is 3.08. The monoisotopic (exact) mass is 308 g/mol. The van der Waals surface area contributed by atoms with Gasteiger partial charge in [-0.05, 0) is 37.3 Å². The minimum absolute atomic E-state index is 0.195. The minimum atomic E-state index is -0.195. The van der Waals surface area contributed by atoms with Gasteiger partial charge in [0.15, 0.2) is 0 Å². The molecule has 2 nitrogen and oxygen atoms in total. The summed E-state index contributed by atoms with van der Waals surface area (Å²) in [6, 6.07) is 3.41. The van der Waals surface area contributed by atoms with Crippen LogP contribution >= 0.6 is 11.6 Å². The van der Waals surface area contributed by atoms with E-state index < -0.39 is 0 Å². The fourth-order valence-electron chi connectivity index (χ4n) is 3.49. The summed E-state index contributed by atoms with van der Waals surface area (Å²) in [5, 5.41) is 0. The highest BCUT2D eigenvalue weighted by molar-refractivity contribution is 6.16. The molecule has 0 radical (unpaired) electrons. The minimum Gasteiger partial charge on any atom is -0.327 e. The maximum atomic E-state index is 13.7. The van der Waals surface area contributed by atoms with Crippen LogP contribution in [0.3, 0.4) is 0 Å². The lowest BCUT2D eigenvalue weighted by molar-refractivity contribution is 0.459. The lowest BCUT2D eigenvalue weighted by Gasteiger charge is -2.11. The molecule has 1 heterocycles. The highest BCUT2D eigenvalue weighted by Gasteiger charge is 2.16. The van der Waals surface area contributed by atoms with Gasteiger partial charge in [0.25, 0.3) is 0 Å². The number of hydrogen-bond donors (Lipinski definition) is 0. The summed E-state index contributed by atoms with van der Waals surface area (Å²) in [6.07, 6.45) is 7.99. The summed E-state index contributed by atoms with van der Waals surface area (Å²) in [6.45, 7) is 2.73. The van der Waals surface area contributed by atoms with Gasteiger partial charge in [0.2, 0.25) is 0 Å². The molecule has 3 rings (SSSR count). The van der Waals surface area contributed by atoms with Crippen LogP contribution in [-0.2, 0) is 12.4 Å². The normalized spacial score (nSPS) is 16.1. The number of imidazole rings is 1. The Bertz CT molecular complexity index is 629. The number of hydrogen-bond acceptors (Lipinski definition) is 1. The Morgan fingerprint density at radius 1 is 1.33 bits per heavy atom. The molecular formula is C17H22ClFN2. The summed E-state index contributed by atoms with van der Waals surface area (Å²) < 4.78 is 15.8. The molecule has 0 aliphatic heterocycles. The first-order valence-corrected chi connectivity index (χ1v) is 8.43. The van der Waals surface area contributed by atoms with Crippen LogP contribution in [0.1, 0.15) is 49.9 Å². The van der Waals surface area contributed by atoms with Crippen molar-refractivity contribution in [1.29, 1.82) is 0 Å². The van der Waals surface area contributed by atoms with E-state index in [9.17, 15) is 4.39 Å². The summed E-state index contributed by atoms with van der Waals surface area (Å²) in [4.78, 5) is 4.47. The molecule has 0 bridgehead atoms. The molecule has 1 aromatic carbocycles. The molecule has 1 aromatic heterocycles. The molecule has 0 amide bonds. The fourth-order valence-corrected chi connectivity index (χ4v) is 3.69. The van der Waals surface area contributed by atoms with E-state index >= 15 is 0 Å². The number of aromatic nitrogens is 2. The standard InChI is InChI=1S/C17H22ClFN2/c1-12-9-16-15(10-14(12)19)20-17(11-18)21(16)8-4-7-13-5-2-3-6-13/h9-10,13H,2-8,11H2,1H3. The molecule has 114 valence electrons. The topological polar surface area (TPSA) is 17.8 Å². The van der Waals surface area contributed by atoms with Gasteiger partial charge in [-0.2, -0.15) is 0 Å². The zero-order valence-electron chi connectivity index (χ0n) is 12.5. The Morgan fingerprint density at radius 3 is 2.81 bits per heavy atom. The molecule has 0 N–H and O–H groups in total. The SMILES string of the molecule is Cc1cc2c(cc1F)nc(CCl)n2CCCC1CCCC1. The van der Waals surface area contributed by atoms with Crippen molar-refractivity contribution >= 4 is 22.6 Å². The van der Waals surface area contributed by atoms with Crippen molar-refractivity contribution in [1.82, 2.24) is 9.55 Å². The van der Waals surface area contributed by atoms with Crippen LogP contribution in [0, 0.1) is 18.7 Å². The van der Waals surface area contributed by atoms with Gasteiger partial charge in [0, 0.05) is 12.6 Å². The Morgan fingerprint density at radius 2 is 2.10 bits per heavy atom. The zero-order valence-corrected chi connectivity index (χ0v) is 13.3. The number of alkyl halides is 1. The number of rotatable bonds is 5. The first kappa shape index (κ1) is 14.8. The summed E-state index contributed by atoms with van der Waals surface area (Å²) in [5.74, 6) is 1.93. The van der Waals surface area contributed by atoms with Crippen molar-refractivity contribution in [3.05, 3.63) is 29.3 Å². The van der Waals surface area contributed by atoms with Gasteiger partial charge in [-0.3, -0.25) is 0 Å². The van der Waals surface area contributed by atoms with Crippen LogP contribution in [0.25, 0.3) is 11.0 Å². The van der Waals surface area contributed by atoms with Crippen molar-refractivity contribution in [3.63, 3.8) is 0 Å². The smallest absolute Gasteiger partial charge is 0.128 e. The molecule has 0 unspecified atom stereocenters. The lowest BCUT2D eigenvalue weighted by Crippen LogP contribution is -2.04. The predicted octanol–water partition coefficient (Wildman–Crippen LogP) is 5.19. The summed E-state index contributed by atoms with van der Waals surface area (Å²) >= 11 is 6.01. The molecule has 21 heavy (non-hydrogen) atoms. The third kappa shape index (κ3) is 3.08. The van der Waals surface area contributed by atoms with E-state index in [4.69, 9.17) is 11.6 Å². The van der Waals surface area contributed by atoms with Crippen LogP contribution in [0.4, 0.5) is 4.39 Å². The number of halogens is 2. The number of fused-ring (bicyclic) bond motifs is 1. The molecule has 0 saturated heterocycles.